The molecule has 0 atom stereocenters. The van der Waals surface area contributed by atoms with Gasteiger partial charge >= 0.3 is 0 Å². The van der Waals surface area contributed by atoms with Gasteiger partial charge in [-0.05, 0) is 25.8 Å². The summed E-state index contributed by atoms with van der Waals surface area (Å²) in [6.07, 6.45) is 0.939. The quantitative estimate of drug-likeness (QED) is 0.374. The SMILES string of the molecule is CCNC(=NCCCOCC)NCCOCc1ccccc1. The van der Waals surface area contributed by atoms with Crippen molar-refractivity contribution in [3.8, 4) is 0 Å². The number of nitrogens with zero attached hydrogens (tertiary/aromatic N) is 1. The lowest BCUT2D eigenvalue weighted by atomic mass is 10.2. The maximum atomic E-state index is 5.64. The fraction of sp³-hybridized carbons (Fsp3) is 0.588. The Labute approximate surface area is 134 Å². The van der Waals surface area contributed by atoms with E-state index in [-0.39, 0.29) is 0 Å². The van der Waals surface area contributed by atoms with Crippen LogP contribution in [-0.4, -0.2) is 45.4 Å². The maximum Gasteiger partial charge on any atom is 0.191 e. The number of aliphatic imine (C=N–C) groups is 1. The summed E-state index contributed by atoms with van der Waals surface area (Å²) in [6, 6.07) is 10.2. The Morgan fingerprint density at radius 1 is 1.05 bits per heavy atom. The molecule has 0 amide bonds. The van der Waals surface area contributed by atoms with E-state index in [2.05, 4.69) is 34.7 Å². The molecule has 2 N–H and O–H groups in total. The van der Waals surface area contributed by atoms with E-state index in [4.69, 9.17) is 9.47 Å². The summed E-state index contributed by atoms with van der Waals surface area (Å²) in [4.78, 5) is 4.50. The first-order valence-electron chi connectivity index (χ1n) is 8.08. The van der Waals surface area contributed by atoms with Gasteiger partial charge in [0.25, 0.3) is 0 Å². The molecule has 124 valence electrons. The molecule has 0 fully saturated rings. The molecule has 0 heterocycles. The molecule has 0 aromatic heterocycles. The first-order chi connectivity index (χ1) is 10.9. The Kier molecular flexibility index (Phi) is 11.0. The molecule has 1 aromatic rings. The molecule has 0 aliphatic carbocycles. The van der Waals surface area contributed by atoms with Crippen LogP contribution in [0.5, 0.6) is 0 Å². The largest absolute Gasteiger partial charge is 0.382 e. The fourth-order valence-corrected chi connectivity index (χ4v) is 1.85. The van der Waals surface area contributed by atoms with Gasteiger partial charge in [0.15, 0.2) is 5.96 Å². The smallest absolute Gasteiger partial charge is 0.191 e. The van der Waals surface area contributed by atoms with Crippen LogP contribution in [0.4, 0.5) is 0 Å². The molecule has 0 unspecified atom stereocenters. The highest BCUT2D eigenvalue weighted by Crippen LogP contribution is 1.99. The van der Waals surface area contributed by atoms with Gasteiger partial charge in [0.2, 0.25) is 0 Å². The first kappa shape index (κ1) is 18.5. The number of benzene rings is 1. The molecule has 5 nitrogen and oxygen atoms in total. The van der Waals surface area contributed by atoms with Crippen molar-refractivity contribution in [2.75, 3.05) is 39.5 Å². The van der Waals surface area contributed by atoms with Crippen LogP contribution in [0, 0.1) is 0 Å². The van der Waals surface area contributed by atoms with Crippen molar-refractivity contribution in [3.63, 3.8) is 0 Å². The van der Waals surface area contributed by atoms with Gasteiger partial charge in [-0.2, -0.15) is 0 Å². The molecule has 5 heteroatoms. The van der Waals surface area contributed by atoms with Crippen LogP contribution in [0.3, 0.4) is 0 Å². The molecule has 1 rings (SSSR count). The summed E-state index contributed by atoms with van der Waals surface area (Å²) in [5.41, 5.74) is 1.19. The fourth-order valence-electron chi connectivity index (χ4n) is 1.85. The predicted octanol–water partition coefficient (Wildman–Crippen LogP) is 2.18. The van der Waals surface area contributed by atoms with Crippen LogP contribution < -0.4 is 10.6 Å². The Balaban J connectivity index is 2.13. The summed E-state index contributed by atoms with van der Waals surface area (Å²) in [6.45, 7) is 9.24. The lowest BCUT2D eigenvalue weighted by Gasteiger charge is -2.11. The van der Waals surface area contributed by atoms with Crippen LogP contribution >= 0.6 is 0 Å². The summed E-state index contributed by atoms with van der Waals surface area (Å²) >= 11 is 0. The van der Waals surface area contributed by atoms with Crippen molar-refractivity contribution in [3.05, 3.63) is 35.9 Å². The number of hydrogen-bond acceptors (Lipinski definition) is 3. The van der Waals surface area contributed by atoms with Crippen LogP contribution in [-0.2, 0) is 16.1 Å². The molecule has 0 saturated heterocycles. The van der Waals surface area contributed by atoms with Crippen molar-refractivity contribution in [1.82, 2.24) is 10.6 Å². The highest BCUT2D eigenvalue weighted by molar-refractivity contribution is 5.79. The highest BCUT2D eigenvalue weighted by atomic mass is 16.5. The Morgan fingerprint density at radius 3 is 2.59 bits per heavy atom. The Bertz CT molecular complexity index is 396. The number of guanidine groups is 1. The van der Waals surface area contributed by atoms with Crippen molar-refractivity contribution in [1.29, 1.82) is 0 Å². The Hall–Kier alpha value is -1.59. The van der Waals surface area contributed by atoms with Crippen LogP contribution in [0.1, 0.15) is 25.8 Å². The molecule has 0 bridgehead atoms. The normalized spacial score (nSPS) is 11.5. The zero-order valence-corrected chi connectivity index (χ0v) is 13.8. The third kappa shape index (κ3) is 9.37. The van der Waals surface area contributed by atoms with Crippen molar-refractivity contribution in [2.45, 2.75) is 26.9 Å². The lowest BCUT2D eigenvalue weighted by Crippen LogP contribution is -2.39. The molecule has 0 spiro atoms. The van der Waals surface area contributed by atoms with Crippen LogP contribution in [0.25, 0.3) is 0 Å². The molecule has 0 saturated carbocycles. The topological polar surface area (TPSA) is 54.9 Å². The molecular formula is C17H29N3O2. The van der Waals surface area contributed by atoms with Gasteiger partial charge in [0.1, 0.15) is 0 Å². The minimum atomic E-state index is 0.643. The van der Waals surface area contributed by atoms with Crippen LogP contribution in [0.2, 0.25) is 0 Å². The summed E-state index contributed by atoms with van der Waals surface area (Å²) in [7, 11) is 0. The van der Waals surface area contributed by atoms with Gasteiger partial charge in [0, 0.05) is 32.8 Å². The van der Waals surface area contributed by atoms with E-state index in [1.165, 1.54) is 5.56 Å². The lowest BCUT2D eigenvalue weighted by molar-refractivity contribution is 0.125. The monoisotopic (exact) mass is 307 g/mol. The highest BCUT2D eigenvalue weighted by Gasteiger charge is 1.97. The number of hydrogen-bond donors (Lipinski definition) is 2. The minimum Gasteiger partial charge on any atom is -0.382 e. The maximum absolute atomic E-state index is 5.64. The van der Waals surface area contributed by atoms with Gasteiger partial charge in [-0.3, -0.25) is 4.99 Å². The third-order valence-electron chi connectivity index (χ3n) is 2.92. The summed E-state index contributed by atoms with van der Waals surface area (Å²) in [5, 5.41) is 6.50. The molecular weight excluding hydrogens is 278 g/mol. The van der Waals surface area contributed by atoms with Gasteiger partial charge in [-0.1, -0.05) is 30.3 Å². The van der Waals surface area contributed by atoms with Crippen molar-refractivity contribution in [2.24, 2.45) is 4.99 Å². The van der Waals surface area contributed by atoms with Gasteiger partial charge in [-0.15, -0.1) is 0 Å². The minimum absolute atomic E-state index is 0.643. The van der Waals surface area contributed by atoms with E-state index >= 15 is 0 Å². The predicted molar refractivity (Wildman–Crippen MR) is 91.2 cm³/mol. The van der Waals surface area contributed by atoms with Gasteiger partial charge in [0.05, 0.1) is 13.2 Å². The number of nitrogens with one attached hydrogen (secondary N) is 2. The average Bonchev–Trinajstić information content (AvgIpc) is 2.55. The molecule has 0 aliphatic heterocycles. The van der Waals surface area contributed by atoms with Gasteiger partial charge in [-0.25, -0.2) is 0 Å². The zero-order chi connectivity index (χ0) is 15.9. The summed E-state index contributed by atoms with van der Waals surface area (Å²) < 4.78 is 10.9. The van der Waals surface area contributed by atoms with E-state index in [9.17, 15) is 0 Å². The van der Waals surface area contributed by atoms with Crippen molar-refractivity contribution >= 4 is 5.96 Å². The second kappa shape index (κ2) is 13.1. The van der Waals surface area contributed by atoms with E-state index in [1.54, 1.807) is 0 Å². The first-order valence-corrected chi connectivity index (χ1v) is 8.08. The standard InChI is InChI=1S/C17H29N3O2/c1-3-18-17(19-11-8-13-21-4-2)20-12-14-22-15-16-9-6-5-7-10-16/h5-7,9-10H,3-4,8,11-15H2,1-2H3,(H2,18,19,20). The van der Waals surface area contributed by atoms with Crippen LogP contribution in [0.15, 0.2) is 35.3 Å². The van der Waals surface area contributed by atoms with E-state index in [0.29, 0.717) is 13.2 Å². The molecule has 0 aliphatic rings. The van der Waals surface area contributed by atoms with E-state index in [1.807, 2.05) is 25.1 Å². The van der Waals surface area contributed by atoms with E-state index in [0.717, 1.165) is 45.2 Å². The molecule has 0 radical (unpaired) electrons. The van der Waals surface area contributed by atoms with Crippen molar-refractivity contribution < 1.29 is 9.47 Å². The van der Waals surface area contributed by atoms with Gasteiger partial charge < -0.3 is 20.1 Å². The summed E-state index contributed by atoms with van der Waals surface area (Å²) in [5.74, 6) is 0.835. The Morgan fingerprint density at radius 2 is 1.86 bits per heavy atom. The number of rotatable bonds is 11. The molecule has 1 aromatic carbocycles. The second-order valence-corrected chi connectivity index (χ2v) is 4.78. The average molecular weight is 307 g/mol. The molecule has 22 heavy (non-hydrogen) atoms. The zero-order valence-electron chi connectivity index (χ0n) is 13.8. The second-order valence-electron chi connectivity index (χ2n) is 4.78. The van der Waals surface area contributed by atoms with E-state index < -0.39 is 0 Å². The third-order valence-corrected chi connectivity index (χ3v) is 2.92. The number of ether oxygens (including phenoxy) is 2.